The molecular weight excluding hydrogens is 344 g/mol. The van der Waals surface area contributed by atoms with Crippen LogP contribution in [0, 0.1) is 0 Å². The molecule has 0 saturated carbocycles. The molecule has 2 rings (SSSR count). The van der Waals surface area contributed by atoms with Crippen molar-refractivity contribution < 1.29 is 14.3 Å². The van der Waals surface area contributed by atoms with Crippen molar-refractivity contribution in [1.82, 2.24) is 0 Å². The van der Waals surface area contributed by atoms with Crippen LogP contribution in [0.2, 0.25) is 0 Å². The predicted molar refractivity (Wildman–Crippen MR) is 91.1 cm³/mol. The first kappa shape index (κ1) is 16.6. The molecule has 0 amide bonds. The lowest BCUT2D eigenvalue weighted by Crippen LogP contribution is -2.06. The standard InChI is InChI=1S/C18H19BrO3/c1-2-10-21-15-8-9-16(17(20)12-19)18(11-15)22-13-14-6-4-3-5-7-14/h3-9,11H,2,10,12-13H2,1H3. The zero-order valence-corrected chi connectivity index (χ0v) is 14.1. The molecule has 0 bridgehead atoms. The van der Waals surface area contributed by atoms with E-state index in [2.05, 4.69) is 22.9 Å². The molecule has 0 aliphatic carbocycles. The van der Waals surface area contributed by atoms with Gasteiger partial charge in [-0.25, -0.2) is 0 Å². The Morgan fingerprint density at radius 2 is 1.86 bits per heavy atom. The number of Topliss-reactive ketones (excluding diaryl/α,β-unsaturated/α-hetero) is 1. The number of alkyl halides is 1. The number of ether oxygens (including phenoxy) is 2. The van der Waals surface area contributed by atoms with E-state index in [4.69, 9.17) is 9.47 Å². The number of carbonyl (C=O) groups is 1. The minimum atomic E-state index is -0.00916. The molecule has 0 aliphatic rings. The third-order valence-electron chi connectivity index (χ3n) is 3.08. The molecule has 0 atom stereocenters. The van der Waals surface area contributed by atoms with Gasteiger partial charge >= 0.3 is 0 Å². The number of hydrogen-bond donors (Lipinski definition) is 0. The fourth-order valence-electron chi connectivity index (χ4n) is 1.97. The van der Waals surface area contributed by atoms with Gasteiger partial charge in [0.1, 0.15) is 18.1 Å². The van der Waals surface area contributed by atoms with Crippen LogP contribution in [0.1, 0.15) is 29.3 Å². The lowest BCUT2D eigenvalue weighted by molar-refractivity contribution is 0.101. The molecule has 2 aromatic rings. The molecule has 0 spiro atoms. The van der Waals surface area contributed by atoms with Gasteiger partial charge in [0.25, 0.3) is 0 Å². The molecule has 22 heavy (non-hydrogen) atoms. The van der Waals surface area contributed by atoms with E-state index >= 15 is 0 Å². The number of halogens is 1. The Balaban J connectivity index is 2.18. The molecule has 2 aromatic carbocycles. The Kier molecular flexibility index (Phi) is 6.46. The minimum Gasteiger partial charge on any atom is -0.493 e. The average molecular weight is 363 g/mol. The van der Waals surface area contributed by atoms with Crippen LogP contribution in [0.15, 0.2) is 48.5 Å². The predicted octanol–water partition coefficient (Wildman–Crippen LogP) is 4.63. The maximum absolute atomic E-state index is 12.0. The topological polar surface area (TPSA) is 35.5 Å². The summed E-state index contributed by atoms with van der Waals surface area (Å²) in [6, 6.07) is 15.2. The third kappa shape index (κ3) is 4.60. The van der Waals surface area contributed by atoms with Gasteiger partial charge in [0, 0.05) is 6.07 Å². The molecule has 0 saturated heterocycles. The summed E-state index contributed by atoms with van der Waals surface area (Å²) in [5.41, 5.74) is 1.62. The Morgan fingerprint density at radius 3 is 2.55 bits per heavy atom. The zero-order valence-electron chi connectivity index (χ0n) is 12.5. The number of rotatable bonds is 8. The van der Waals surface area contributed by atoms with E-state index in [1.165, 1.54) is 0 Å². The SMILES string of the molecule is CCCOc1ccc(C(=O)CBr)c(OCc2ccccc2)c1. The third-order valence-corrected chi connectivity index (χ3v) is 3.59. The Bertz CT molecular complexity index is 611. The van der Waals surface area contributed by atoms with E-state index in [0.29, 0.717) is 24.5 Å². The van der Waals surface area contributed by atoms with E-state index < -0.39 is 0 Å². The first-order chi connectivity index (χ1) is 10.7. The van der Waals surface area contributed by atoms with Gasteiger partial charge in [0.15, 0.2) is 5.78 Å². The van der Waals surface area contributed by atoms with Crippen molar-refractivity contribution in [2.75, 3.05) is 11.9 Å². The lowest BCUT2D eigenvalue weighted by atomic mass is 10.1. The highest BCUT2D eigenvalue weighted by molar-refractivity contribution is 9.09. The van der Waals surface area contributed by atoms with Gasteiger partial charge in [0.2, 0.25) is 0 Å². The number of ketones is 1. The van der Waals surface area contributed by atoms with Crippen molar-refractivity contribution in [1.29, 1.82) is 0 Å². The van der Waals surface area contributed by atoms with E-state index in [1.807, 2.05) is 30.3 Å². The molecule has 0 aromatic heterocycles. The largest absolute Gasteiger partial charge is 0.493 e. The van der Waals surface area contributed by atoms with E-state index in [0.717, 1.165) is 17.7 Å². The van der Waals surface area contributed by atoms with Crippen molar-refractivity contribution in [3.05, 3.63) is 59.7 Å². The normalized spacial score (nSPS) is 10.3. The second-order valence-electron chi connectivity index (χ2n) is 4.84. The van der Waals surface area contributed by atoms with E-state index in [-0.39, 0.29) is 11.1 Å². The smallest absolute Gasteiger partial charge is 0.177 e. The fourth-order valence-corrected chi connectivity index (χ4v) is 2.27. The molecule has 0 radical (unpaired) electrons. The molecular formula is C18H19BrO3. The molecule has 0 unspecified atom stereocenters. The van der Waals surface area contributed by atoms with Crippen LogP contribution in [0.3, 0.4) is 0 Å². The highest BCUT2D eigenvalue weighted by Gasteiger charge is 2.13. The number of hydrogen-bond acceptors (Lipinski definition) is 3. The highest BCUT2D eigenvalue weighted by Crippen LogP contribution is 2.27. The van der Waals surface area contributed by atoms with Gasteiger partial charge < -0.3 is 9.47 Å². The second-order valence-corrected chi connectivity index (χ2v) is 5.40. The van der Waals surface area contributed by atoms with Crippen molar-refractivity contribution in [3.8, 4) is 11.5 Å². The van der Waals surface area contributed by atoms with Gasteiger partial charge in [-0.2, -0.15) is 0 Å². The summed E-state index contributed by atoms with van der Waals surface area (Å²) in [5, 5.41) is 0.268. The van der Waals surface area contributed by atoms with Crippen LogP contribution >= 0.6 is 15.9 Å². The first-order valence-electron chi connectivity index (χ1n) is 7.27. The van der Waals surface area contributed by atoms with Crippen LogP contribution in [-0.4, -0.2) is 17.7 Å². The number of benzene rings is 2. The Hall–Kier alpha value is -1.81. The summed E-state index contributed by atoms with van der Waals surface area (Å²) in [5.74, 6) is 1.27. The van der Waals surface area contributed by atoms with Crippen molar-refractivity contribution >= 4 is 21.7 Å². The molecule has 0 N–H and O–H groups in total. The summed E-state index contributed by atoms with van der Waals surface area (Å²) >= 11 is 3.21. The van der Waals surface area contributed by atoms with Crippen LogP contribution in [-0.2, 0) is 6.61 Å². The molecule has 4 heteroatoms. The van der Waals surface area contributed by atoms with Crippen LogP contribution < -0.4 is 9.47 Å². The van der Waals surface area contributed by atoms with Gasteiger partial charge in [-0.1, -0.05) is 53.2 Å². The van der Waals surface area contributed by atoms with Crippen molar-refractivity contribution in [2.24, 2.45) is 0 Å². The lowest BCUT2D eigenvalue weighted by Gasteiger charge is -2.13. The molecule has 0 fully saturated rings. The summed E-state index contributed by atoms with van der Waals surface area (Å²) in [6.07, 6.45) is 0.933. The monoisotopic (exact) mass is 362 g/mol. The maximum Gasteiger partial charge on any atom is 0.177 e. The second kappa shape index (κ2) is 8.59. The van der Waals surface area contributed by atoms with Crippen LogP contribution in [0.4, 0.5) is 0 Å². The molecule has 0 aliphatic heterocycles. The summed E-state index contributed by atoms with van der Waals surface area (Å²) in [7, 11) is 0. The summed E-state index contributed by atoms with van der Waals surface area (Å²) in [6.45, 7) is 3.11. The summed E-state index contributed by atoms with van der Waals surface area (Å²) in [4.78, 5) is 12.0. The zero-order chi connectivity index (χ0) is 15.8. The fraction of sp³-hybridized carbons (Fsp3) is 0.278. The van der Waals surface area contributed by atoms with Crippen molar-refractivity contribution in [3.63, 3.8) is 0 Å². The van der Waals surface area contributed by atoms with E-state index in [1.54, 1.807) is 18.2 Å². The van der Waals surface area contributed by atoms with Crippen LogP contribution in [0.25, 0.3) is 0 Å². The average Bonchev–Trinajstić information content (AvgIpc) is 2.58. The molecule has 116 valence electrons. The van der Waals surface area contributed by atoms with Crippen molar-refractivity contribution in [2.45, 2.75) is 20.0 Å². The molecule has 0 heterocycles. The minimum absolute atomic E-state index is 0.00916. The first-order valence-corrected chi connectivity index (χ1v) is 8.39. The summed E-state index contributed by atoms with van der Waals surface area (Å²) < 4.78 is 11.5. The van der Waals surface area contributed by atoms with Gasteiger partial charge in [-0.3, -0.25) is 4.79 Å². The Morgan fingerprint density at radius 1 is 1.09 bits per heavy atom. The highest BCUT2D eigenvalue weighted by atomic mass is 79.9. The maximum atomic E-state index is 12.0. The quantitative estimate of drug-likeness (QED) is 0.507. The van der Waals surface area contributed by atoms with Gasteiger partial charge in [0.05, 0.1) is 17.5 Å². The Labute approximate surface area is 139 Å². The van der Waals surface area contributed by atoms with Crippen LogP contribution in [0.5, 0.6) is 11.5 Å². The van der Waals surface area contributed by atoms with E-state index in [9.17, 15) is 4.79 Å². The number of carbonyl (C=O) groups excluding carboxylic acids is 1. The van der Waals surface area contributed by atoms with Gasteiger partial charge in [-0.05, 0) is 24.1 Å². The molecule has 3 nitrogen and oxygen atoms in total. The van der Waals surface area contributed by atoms with Gasteiger partial charge in [-0.15, -0.1) is 0 Å².